The van der Waals surface area contributed by atoms with Gasteiger partial charge in [0.25, 0.3) is 0 Å². The number of likely N-dealkylation sites (N-methyl/N-ethyl adjacent to an activating group) is 1. The molecule has 3 atom stereocenters. The highest BCUT2D eigenvalue weighted by Crippen LogP contribution is 2.19. The highest BCUT2D eigenvalue weighted by Gasteiger charge is 2.33. The van der Waals surface area contributed by atoms with Gasteiger partial charge in [0, 0.05) is 20.1 Å². The molecule has 0 spiro atoms. The van der Waals surface area contributed by atoms with Crippen LogP contribution in [-0.4, -0.2) is 109 Å². The minimum Gasteiger partial charge on any atom is -0.444 e. The molecule has 1 unspecified atom stereocenters. The first kappa shape index (κ1) is 24.5. The Morgan fingerprint density at radius 1 is 1.30 bits per heavy atom. The van der Waals surface area contributed by atoms with Crippen LogP contribution in [0.15, 0.2) is 0 Å². The average molecular weight is 431 g/mol. The van der Waals surface area contributed by atoms with E-state index in [-0.39, 0.29) is 31.1 Å². The number of hydrogen-bond donors (Lipinski definition) is 2. The van der Waals surface area contributed by atoms with Crippen molar-refractivity contribution in [3.63, 3.8) is 0 Å². The maximum absolute atomic E-state index is 12.4. The number of carbonyl (C=O) groups is 3. The molecule has 0 aromatic rings. The van der Waals surface area contributed by atoms with Crippen LogP contribution in [0, 0.1) is 0 Å². The van der Waals surface area contributed by atoms with E-state index >= 15 is 0 Å². The normalized spacial score (nSPS) is 25.3. The molecular weight excluding hydrogens is 396 g/mol. The summed E-state index contributed by atoms with van der Waals surface area (Å²) in [7, 11) is 1.53. The third-order valence-electron chi connectivity index (χ3n) is 5.04. The van der Waals surface area contributed by atoms with Crippen LogP contribution < -0.4 is 5.48 Å². The number of piperidine rings is 1. The number of amides is 2. The third-order valence-corrected chi connectivity index (χ3v) is 5.04. The number of nitrogens with one attached hydrogen (secondary N) is 1. The van der Waals surface area contributed by atoms with Crippen molar-refractivity contribution in [2.45, 2.75) is 57.4 Å². The lowest BCUT2D eigenvalue weighted by Gasteiger charge is -2.38. The van der Waals surface area contributed by atoms with E-state index in [4.69, 9.17) is 14.3 Å². The molecule has 2 heterocycles. The number of nitrogens with zero attached hydrogens (tertiary/aromatic N) is 3. The lowest BCUT2D eigenvalue weighted by molar-refractivity contribution is -0.147. The van der Waals surface area contributed by atoms with Crippen LogP contribution in [0.25, 0.3) is 0 Å². The molecule has 2 amide bonds. The lowest BCUT2D eigenvalue weighted by Crippen LogP contribution is -2.54. The summed E-state index contributed by atoms with van der Waals surface area (Å²) >= 11 is 0. The minimum atomic E-state index is -0.565. The monoisotopic (exact) mass is 430 g/mol. The molecule has 2 fully saturated rings. The van der Waals surface area contributed by atoms with Crippen LogP contribution in [0.2, 0.25) is 0 Å². The van der Waals surface area contributed by atoms with Crippen molar-refractivity contribution in [2.24, 2.45) is 0 Å². The number of morpholine rings is 1. The molecule has 0 radical (unpaired) electrons. The van der Waals surface area contributed by atoms with Gasteiger partial charge in [-0.05, 0) is 33.6 Å². The molecule has 0 bridgehead atoms. The smallest absolute Gasteiger partial charge is 0.410 e. The molecule has 11 heteroatoms. The van der Waals surface area contributed by atoms with Crippen LogP contribution in [0.4, 0.5) is 4.79 Å². The number of ether oxygens (including phenoxy) is 2. The Hall–Kier alpha value is -1.79. The number of ketones is 1. The Kier molecular flexibility index (Phi) is 8.98. The van der Waals surface area contributed by atoms with Crippen molar-refractivity contribution in [1.29, 1.82) is 0 Å². The standard InChI is InChI=1S/C19H34N4O7/c1-19(2,3)30-18(26)22-7-8-28-15(11-22)12-29-20-9-17(25)16-6-5-14(21(4)27)10-23(16)13-24/h13-16,20,27H,5-12H2,1-4H3/t14-,15?,16+/m1/s1. The maximum atomic E-state index is 12.4. The number of carbonyl (C=O) groups excluding carboxylic acids is 3. The Labute approximate surface area is 177 Å². The number of rotatable bonds is 8. The van der Waals surface area contributed by atoms with Crippen molar-refractivity contribution < 1.29 is 33.9 Å². The first-order valence-electron chi connectivity index (χ1n) is 10.2. The van der Waals surface area contributed by atoms with Crippen molar-refractivity contribution in [1.82, 2.24) is 20.3 Å². The summed E-state index contributed by atoms with van der Waals surface area (Å²) in [6.07, 6.45) is 1.00. The largest absolute Gasteiger partial charge is 0.444 e. The second kappa shape index (κ2) is 11.0. The van der Waals surface area contributed by atoms with E-state index in [1.807, 2.05) is 20.8 Å². The van der Waals surface area contributed by atoms with E-state index in [0.717, 1.165) is 5.06 Å². The summed E-state index contributed by atoms with van der Waals surface area (Å²) < 4.78 is 11.0. The summed E-state index contributed by atoms with van der Waals surface area (Å²) in [6.45, 7) is 7.00. The molecule has 2 aliphatic rings. The predicted octanol–water partition coefficient (Wildman–Crippen LogP) is 0.0230. The van der Waals surface area contributed by atoms with Crippen molar-refractivity contribution in [3.05, 3.63) is 0 Å². The Morgan fingerprint density at radius 3 is 2.67 bits per heavy atom. The Bertz CT molecular complexity index is 596. The molecule has 0 aliphatic carbocycles. The Morgan fingerprint density at radius 2 is 2.03 bits per heavy atom. The van der Waals surface area contributed by atoms with Gasteiger partial charge in [-0.3, -0.25) is 14.4 Å². The third kappa shape index (κ3) is 7.47. The minimum absolute atomic E-state index is 0.0584. The van der Waals surface area contributed by atoms with Gasteiger partial charge in [-0.15, -0.1) is 0 Å². The molecule has 2 saturated heterocycles. The lowest BCUT2D eigenvalue weighted by atomic mass is 9.95. The molecule has 0 aromatic carbocycles. The predicted molar refractivity (Wildman–Crippen MR) is 106 cm³/mol. The quantitative estimate of drug-likeness (QED) is 0.312. The average Bonchev–Trinajstić information content (AvgIpc) is 2.69. The van der Waals surface area contributed by atoms with Crippen LogP contribution in [0.5, 0.6) is 0 Å². The highest BCUT2D eigenvalue weighted by molar-refractivity contribution is 5.87. The molecule has 30 heavy (non-hydrogen) atoms. The van der Waals surface area contributed by atoms with Gasteiger partial charge in [-0.25, -0.2) is 4.79 Å². The van der Waals surface area contributed by atoms with E-state index in [2.05, 4.69) is 5.48 Å². The first-order chi connectivity index (χ1) is 14.1. The topological polar surface area (TPSA) is 121 Å². The second-order valence-corrected chi connectivity index (χ2v) is 8.64. The number of hydroxylamine groups is 3. The molecule has 0 aromatic heterocycles. The summed E-state index contributed by atoms with van der Waals surface area (Å²) in [5.74, 6) is -0.166. The van der Waals surface area contributed by atoms with E-state index in [0.29, 0.717) is 45.5 Å². The zero-order chi connectivity index (χ0) is 22.3. The fourth-order valence-electron chi connectivity index (χ4n) is 3.45. The van der Waals surface area contributed by atoms with E-state index in [1.54, 1.807) is 4.90 Å². The van der Waals surface area contributed by atoms with Crippen LogP contribution in [0.3, 0.4) is 0 Å². The fraction of sp³-hybridized carbons (Fsp3) is 0.842. The van der Waals surface area contributed by atoms with Gasteiger partial charge in [-0.2, -0.15) is 10.5 Å². The van der Waals surface area contributed by atoms with E-state index in [1.165, 1.54) is 11.9 Å². The first-order valence-corrected chi connectivity index (χ1v) is 10.2. The van der Waals surface area contributed by atoms with Gasteiger partial charge in [-0.1, -0.05) is 0 Å². The van der Waals surface area contributed by atoms with Crippen molar-refractivity contribution >= 4 is 18.3 Å². The summed E-state index contributed by atoms with van der Waals surface area (Å²) in [4.78, 5) is 44.3. The van der Waals surface area contributed by atoms with Crippen LogP contribution in [0.1, 0.15) is 33.6 Å². The molecule has 2 N–H and O–H groups in total. The van der Waals surface area contributed by atoms with Crippen molar-refractivity contribution in [3.8, 4) is 0 Å². The van der Waals surface area contributed by atoms with Gasteiger partial charge in [0.1, 0.15) is 11.7 Å². The van der Waals surface area contributed by atoms with E-state index in [9.17, 15) is 19.6 Å². The van der Waals surface area contributed by atoms with Gasteiger partial charge in [0.2, 0.25) is 6.41 Å². The van der Waals surface area contributed by atoms with Gasteiger partial charge in [0.05, 0.1) is 38.4 Å². The second-order valence-electron chi connectivity index (χ2n) is 8.64. The fourth-order valence-corrected chi connectivity index (χ4v) is 3.45. The molecule has 0 saturated carbocycles. The summed E-state index contributed by atoms with van der Waals surface area (Å²) in [6, 6.07) is -0.719. The molecule has 172 valence electrons. The maximum Gasteiger partial charge on any atom is 0.410 e. The summed E-state index contributed by atoms with van der Waals surface area (Å²) in [5, 5.41) is 10.6. The number of likely N-dealkylation sites (tertiary alicyclic amines) is 1. The zero-order valence-corrected chi connectivity index (χ0v) is 18.2. The number of Topliss-reactive ketones (excluding diaryl/α,β-unsaturated/α-hetero) is 1. The van der Waals surface area contributed by atoms with Gasteiger partial charge < -0.3 is 24.5 Å². The zero-order valence-electron chi connectivity index (χ0n) is 18.2. The highest BCUT2D eigenvalue weighted by atomic mass is 16.7. The van der Waals surface area contributed by atoms with E-state index < -0.39 is 17.7 Å². The van der Waals surface area contributed by atoms with Crippen LogP contribution in [-0.2, 0) is 23.9 Å². The van der Waals surface area contributed by atoms with Gasteiger partial charge in [0.15, 0.2) is 5.78 Å². The van der Waals surface area contributed by atoms with Gasteiger partial charge >= 0.3 is 6.09 Å². The molecular formula is C19H34N4O7. The summed E-state index contributed by atoms with van der Waals surface area (Å²) in [5.41, 5.74) is 2.06. The number of hydrogen-bond acceptors (Lipinski definition) is 9. The SMILES string of the molecule is CN(O)[C@@H]1CC[C@@H](C(=O)CNOCC2CN(C(=O)OC(C)(C)C)CCO2)N(C=O)C1. The molecule has 11 nitrogen and oxygen atoms in total. The van der Waals surface area contributed by atoms with Crippen LogP contribution >= 0.6 is 0 Å². The molecule has 2 rings (SSSR count). The van der Waals surface area contributed by atoms with Crippen molar-refractivity contribution in [2.75, 3.05) is 46.4 Å². The molecule has 2 aliphatic heterocycles. The Balaban J connectivity index is 1.71.